The van der Waals surface area contributed by atoms with Gasteiger partial charge < -0.3 is 19.5 Å². The molecule has 0 radical (unpaired) electrons. The van der Waals surface area contributed by atoms with Crippen LogP contribution < -0.4 is 14.8 Å². The number of carbonyl (C=O) groups is 2. The van der Waals surface area contributed by atoms with Gasteiger partial charge in [0, 0.05) is 16.6 Å². The second-order valence-electron chi connectivity index (χ2n) is 6.51. The molecular weight excluding hydrogens is 378 g/mol. The van der Waals surface area contributed by atoms with E-state index in [9.17, 15) is 9.59 Å². The van der Waals surface area contributed by atoms with Crippen molar-refractivity contribution in [2.75, 3.05) is 24.3 Å². The van der Waals surface area contributed by atoms with Gasteiger partial charge in [-0.3, -0.25) is 9.59 Å². The third-order valence-electron chi connectivity index (χ3n) is 4.32. The molecular formula is C21H23NO5S. The van der Waals surface area contributed by atoms with Crippen LogP contribution in [-0.4, -0.2) is 36.9 Å². The van der Waals surface area contributed by atoms with E-state index in [1.165, 1.54) is 22.9 Å². The number of rotatable bonds is 6. The van der Waals surface area contributed by atoms with Gasteiger partial charge in [0.05, 0.1) is 5.75 Å². The highest BCUT2D eigenvalue weighted by Crippen LogP contribution is 2.32. The zero-order valence-electron chi connectivity index (χ0n) is 16.1. The maximum absolute atomic E-state index is 12.3. The minimum Gasteiger partial charge on any atom is -0.486 e. The molecule has 2 aromatic carbocycles. The quantitative estimate of drug-likeness (QED) is 0.587. The van der Waals surface area contributed by atoms with Crippen LogP contribution in [0.15, 0.2) is 41.3 Å². The highest BCUT2D eigenvalue weighted by Gasteiger charge is 2.19. The summed E-state index contributed by atoms with van der Waals surface area (Å²) in [6.07, 6.45) is -0.902. The number of carbonyl (C=O) groups excluding carboxylic acids is 2. The Balaban J connectivity index is 1.49. The van der Waals surface area contributed by atoms with Crippen LogP contribution in [0, 0.1) is 13.8 Å². The Kier molecular flexibility index (Phi) is 6.46. The fraction of sp³-hybridized carbons (Fsp3) is 0.333. The highest BCUT2D eigenvalue weighted by atomic mass is 32.2. The molecule has 0 saturated heterocycles. The van der Waals surface area contributed by atoms with Crippen molar-refractivity contribution in [3.05, 3.63) is 47.5 Å². The van der Waals surface area contributed by atoms with Crippen molar-refractivity contribution in [3.63, 3.8) is 0 Å². The number of anilines is 1. The van der Waals surface area contributed by atoms with Crippen LogP contribution in [0.5, 0.6) is 11.5 Å². The Morgan fingerprint density at radius 1 is 1.07 bits per heavy atom. The Bertz CT molecular complexity index is 883. The second kappa shape index (κ2) is 9.01. The van der Waals surface area contributed by atoms with Crippen LogP contribution in [0.1, 0.15) is 18.1 Å². The summed E-state index contributed by atoms with van der Waals surface area (Å²) >= 11 is 1.39. The van der Waals surface area contributed by atoms with Gasteiger partial charge in [-0.15, -0.1) is 11.8 Å². The number of benzene rings is 2. The number of thioether (sulfide) groups is 1. The van der Waals surface area contributed by atoms with E-state index >= 15 is 0 Å². The molecule has 28 heavy (non-hydrogen) atoms. The van der Waals surface area contributed by atoms with E-state index in [4.69, 9.17) is 14.2 Å². The van der Waals surface area contributed by atoms with Crippen LogP contribution in [-0.2, 0) is 14.3 Å². The van der Waals surface area contributed by atoms with E-state index in [2.05, 4.69) is 5.32 Å². The van der Waals surface area contributed by atoms with Gasteiger partial charge in [0.2, 0.25) is 0 Å². The summed E-state index contributed by atoms with van der Waals surface area (Å²) in [7, 11) is 0. The fourth-order valence-corrected chi connectivity index (χ4v) is 3.37. The van der Waals surface area contributed by atoms with Crippen LogP contribution in [0.4, 0.5) is 5.69 Å². The molecule has 0 unspecified atom stereocenters. The number of nitrogens with one attached hydrogen (secondary N) is 1. The molecule has 0 saturated carbocycles. The summed E-state index contributed by atoms with van der Waals surface area (Å²) in [6.45, 7) is 6.59. The highest BCUT2D eigenvalue weighted by molar-refractivity contribution is 8.00. The first-order valence-electron chi connectivity index (χ1n) is 9.02. The van der Waals surface area contributed by atoms with Crippen molar-refractivity contribution in [1.29, 1.82) is 0 Å². The van der Waals surface area contributed by atoms with E-state index in [0.29, 0.717) is 30.4 Å². The van der Waals surface area contributed by atoms with Gasteiger partial charge in [-0.2, -0.15) is 0 Å². The Hall–Kier alpha value is -2.67. The normalized spacial score (nSPS) is 13.5. The lowest BCUT2D eigenvalue weighted by molar-refractivity contribution is -0.150. The van der Waals surface area contributed by atoms with Gasteiger partial charge in [-0.25, -0.2) is 0 Å². The van der Waals surface area contributed by atoms with Crippen LogP contribution in [0.25, 0.3) is 0 Å². The van der Waals surface area contributed by atoms with E-state index in [-0.39, 0.29) is 5.75 Å². The number of aryl methyl sites for hydroxylation is 2. The first-order chi connectivity index (χ1) is 13.4. The molecule has 0 aromatic heterocycles. The van der Waals surface area contributed by atoms with Gasteiger partial charge in [0.15, 0.2) is 17.6 Å². The first kappa shape index (κ1) is 20.1. The summed E-state index contributed by atoms with van der Waals surface area (Å²) in [5.41, 5.74) is 2.93. The maximum Gasteiger partial charge on any atom is 0.317 e. The second-order valence-corrected chi connectivity index (χ2v) is 7.56. The molecule has 148 valence electrons. The Labute approximate surface area is 168 Å². The van der Waals surface area contributed by atoms with Crippen molar-refractivity contribution in [2.24, 2.45) is 0 Å². The van der Waals surface area contributed by atoms with Gasteiger partial charge in [0.1, 0.15) is 13.2 Å². The lowest BCUT2D eigenvalue weighted by Gasteiger charge is -2.19. The summed E-state index contributed by atoms with van der Waals surface area (Å²) in [5.74, 6) is 0.532. The van der Waals surface area contributed by atoms with E-state index in [1.54, 1.807) is 25.1 Å². The van der Waals surface area contributed by atoms with Crippen molar-refractivity contribution < 1.29 is 23.8 Å². The molecule has 0 bridgehead atoms. The summed E-state index contributed by atoms with van der Waals surface area (Å²) in [5, 5.41) is 2.73. The van der Waals surface area contributed by atoms with Gasteiger partial charge in [0.25, 0.3) is 5.91 Å². The van der Waals surface area contributed by atoms with E-state index in [0.717, 1.165) is 4.90 Å². The van der Waals surface area contributed by atoms with Gasteiger partial charge >= 0.3 is 5.97 Å². The van der Waals surface area contributed by atoms with E-state index < -0.39 is 18.0 Å². The number of hydrogen-bond acceptors (Lipinski definition) is 6. The molecule has 0 spiro atoms. The lowest BCUT2D eigenvalue weighted by Crippen LogP contribution is -2.30. The zero-order valence-corrected chi connectivity index (χ0v) is 16.9. The standard InChI is InChI=1S/C21H23NO5S/c1-13-4-6-17(10-14(13)2)28-12-20(23)27-15(3)21(24)22-16-5-7-18-19(11-16)26-9-8-25-18/h4-7,10-11,15H,8-9,12H2,1-3H3,(H,22,24)/t15-/m0/s1. The molecule has 6 nitrogen and oxygen atoms in total. The molecule has 7 heteroatoms. The van der Waals surface area contributed by atoms with Crippen molar-refractivity contribution in [2.45, 2.75) is 31.8 Å². The zero-order chi connectivity index (χ0) is 20.1. The summed E-state index contributed by atoms with van der Waals surface area (Å²) in [4.78, 5) is 25.4. The van der Waals surface area contributed by atoms with E-state index in [1.807, 2.05) is 32.0 Å². The van der Waals surface area contributed by atoms with Crippen molar-refractivity contribution in [1.82, 2.24) is 0 Å². The SMILES string of the molecule is Cc1ccc(SCC(=O)O[C@@H](C)C(=O)Nc2ccc3c(c2)OCCO3)cc1C. The predicted molar refractivity (Wildman–Crippen MR) is 108 cm³/mol. The molecule has 1 N–H and O–H groups in total. The van der Waals surface area contributed by atoms with Crippen LogP contribution >= 0.6 is 11.8 Å². The first-order valence-corrected chi connectivity index (χ1v) is 10.0. The topological polar surface area (TPSA) is 73.9 Å². The molecule has 1 heterocycles. The molecule has 1 atom stereocenters. The minimum absolute atomic E-state index is 0.143. The fourth-order valence-electron chi connectivity index (χ4n) is 2.60. The molecule has 1 aliphatic heterocycles. The largest absolute Gasteiger partial charge is 0.486 e. The molecule has 1 aliphatic rings. The van der Waals surface area contributed by atoms with Crippen molar-refractivity contribution >= 4 is 29.3 Å². The predicted octanol–water partition coefficient (Wildman–Crippen LogP) is 3.74. The van der Waals surface area contributed by atoms with Crippen LogP contribution in [0.2, 0.25) is 0 Å². The number of fused-ring (bicyclic) bond motifs is 1. The lowest BCUT2D eigenvalue weighted by atomic mass is 10.1. The van der Waals surface area contributed by atoms with Gasteiger partial charge in [-0.05, 0) is 56.2 Å². The monoisotopic (exact) mass is 401 g/mol. The molecule has 1 amide bonds. The number of ether oxygens (including phenoxy) is 3. The molecule has 0 fully saturated rings. The summed E-state index contributed by atoms with van der Waals surface area (Å²) < 4.78 is 16.2. The third kappa shape index (κ3) is 5.19. The molecule has 3 rings (SSSR count). The van der Waals surface area contributed by atoms with Gasteiger partial charge in [-0.1, -0.05) is 6.07 Å². The Morgan fingerprint density at radius 2 is 1.82 bits per heavy atom. The van der Waals surface area contributed by atoms with Crippen molar-refractivity contribution in [3.8, 4) is 11.5 Å². The average Bonchev–Trinajstić information content (AvgIpc) is 2.68. The van der Waals surface area contributed by atoms with Crippen LogP contribution in [0.3, 0.4) is 0 Å². The maximum atomic E-state index is 12.3. The summed E-state index contributed by atoms with van der Waals surface area (Å²) in [6, 6.07) is 11.2. The molecule has 2 aromatic rings. The number of esters is 1. The Morgan fingerprint density at radius 3 is 2.57 bits per heavy atom. The third-order valence-corrected chi connectivity index (χ3v) is 5.29. The smallest absolute Gasteiger partial charge is 0.317 e. The number of hydrogen-bond donors (Lipinski definition) is 1. The minimum atomic E-state index is -0.902. The number of amides is 1. The average molecular weight is 401 g/mol. The molecule has 0 aliphatic carbocycles.